The van der Waals surface area contributed by atoms with E-state index in [0.29, 0.717) is 6.54 Å². The minimum absolute atomic E-state index is 0.00621. The molecule has 3 N–H and O–H groups in total. The van der Waals surface area contributed by atoms with E-state index in [-0.39, 0.29) is 30.1 Å². The van der Waals surface area contributed by atoms with Gasteiger partial charge in [-0.2, -0.15) is 0 Å². The van der Waals surface area contributed by atoms with Crippen LogP contribution in [-0.4, -0.2) is 71.8 Å². The van der Waals surface area contributed by atoms with Crippen molar-refractivity contribution in [3.8, 4) is 5.75 Å². The summed E-state index contributed by atoms with van der Waals surface area (Å²) < 4.78 is 0. The predicted octanol–water partition coefficient (Wildman–Crippen LogP) is 2.58. The number of carbonyl (C=O) groups is 1. The number of phenolic OH excluding ortho intramolecular Hbond substituents is 1. The summed E-state index contributed by atoms with van der Waals surface area (Å²) in [5, 5.41) is 22.1. The van der Waals surface area contributed by atoms with Gasteiger partial charge in [-0.15, -0.1) is 0 Å². The summed E-state index contributed by atoms with van der Waals surface area (Å²) in [4.78, 5) is 17.2. The zero-order chi connectivity index (χ0) is 20.0. The van der Waals surface area contributed by atoms with Gasteiger partial charge in [-0.3, -0.25) is 9.69 Å². The van der Waals surface area contributed by atoms with Crippen molar-refractivity contribution >= 4 is 11.6 Å². The number of aromatic hydroxyl groups is 1. The summed E-state index contributed by atoms with van der Waals surface area (Å²) in [6, 6.07) is 3.51. The molecule has 0 bridgehead atoms. The van der Waals surface area contributed by atoms with Gasteiger partial charge in [-0.1, -0.05) is 27.7 Å². The largest absolute Gasteiger partial charge is 0.508 e. The lowest BCUT2D eigenvalue weighted by molar-refractivity contribution is -0.117. The number of nitrogens with zero attached hydrogens (tertiary/aromatic N) is 2. The number of aliphatic hydroxyl groups is 1. The average molecular weight is 378 g/mol. The van der Waals surface area contributed by atoms with Gasteiger partial charge in [0.2, 0.25) is 5.91 Å². The van der Waals surface area contributed by atoms with E-state index >= 15 is 0 Å². The van der Waals surface area contributed by atoms with E-state index in [9.17, 15) is 9.90 Å². The fourth-order valence-corrected chi connectivity index (χ4v) is 3.57. The highest BCUT2D eigenvalue weighted by atomic mass is 16.3. The lowest BCUT2D eigenvalue weighted by Gasteiger charge is -2.34. The molecule has 0 saturated carbocycles. The molecular weight excluding hydrogens is 342 g/mol. The number of anilines is 1. The molecule has 6 heteroatoms. The number of carbonyl (C=O) groups excluding carboxylic acids is 1. The Labute approximate surface area is 163 Å². The Morgan fingerprint density at radius 1 is 1.04 bits per heavy atom. The van der Waals surface area contributed by atoms with Crippen molar-refractivity contribution in [3.05, 3.63) is 23.3 Å². The minimum Gasteiger partial charge on any atom is -0.508 e. The lowest BCUT2D eigenvalue weighted by atomic mass is 9.92. The first kappa shape index (κ1) is 21.7. The number of hydrogen-bond donors (Lipinski definition) is 3. The van der Waals surface area contributed by atoms with Crippen LogP contribution >= 0.6 is 0 Å². The van der Waals surface area contributed by atoms with Crippen molar-refractivity contribution in [2.75, 3.05) is 51.2 Å². The van der Waals surface area contributed by atoms with E-state index in [1.54, 1.807) is 12.1 Å². The lowest BCUT2D eigenvalue weighted by Crippen LogP contribution is -2.48. The average Bonchev–Trinajstić information content (AvgIpc) is 2.61. The van der Waals surface area contributed by atoms with E-state index in [1.807, 2.05) is 0 Å². The van der Waals surface area contributed by atoms with Gasteiger partial charge in [0.25, 0.3) is 0 Å². The predicted molar refractivity (Wildman–Crippen MR) is 109 cm³/mol. The fourth-order valence-electron chi connectivity index (χ4n) is 3.57. The number of amides is 1. The van der Waals surface area contributed by atoms with Crippen LogP contribution in [-0.2, 0) is 4.79 Å². The summed E-state index contributed by atoms with van der Waals surface area (Å²) in [6.07, 6.45) is 0.803. The second kappa shape index (κ2) is 10.1. The summed E-state index contributed by atoms with van der Waals surface area (Å²) in [5.41, 5.74) is 2.80. The number of hydrogen-bond acceptors (Lipinski definition) is 5. The third-order valence-electron chi connectivity index (χ3n) is 5.16. The molecule has 1 fully saturated rings. The van der Waals surface area contributed by atoms with Gasteiger partial charge in [0.1, 0.15) is 5.75 Å². The molecule has 1 aliphatic heterocycles. The number of rotatable bonds is 8. The number of nitrogens with one attached hydrogen (secondary N) is 1. The van der Waals surface area contributed by atoms with E-state index in [0.717, 1.165) is 56.0 Å². The first-order chi connectivity index (χ1) is 12.8. The molecule has 0 atom stereocenters. The topological polar surface area (TPSA) is 76.0 Å². The molecule has 1 aromatic carbocycles. The molecule has 6 nitrogen and oxygen atoms in total. The standard InChI is InChI=1S/C21H35N3O3/c1-15(2)18-12-17(26)13-19(16(3)4)21(18)22-20(27)14-24-9-7-23(8-10-24)6-5-11-25/h12-13,15-16,25-26H,5-11,14H2,1-4H3,(H,22,27). The van der Waals surface area contributed by atoms with Crippen LogP contribution in [0, 0.1) is 0 Å². The molecule has 0 aliphatic carbocycles. The monoisotopic (exact) mass is 377 g/mol. The van der Waals surface area contributed by atoms with Crippen LogP contribution in [0.1, 0.15) is 57.1 Å². The van der Waals surface area contributed by atoms with E-state index < -0.39 is 0 Å². The van der Waals surface area contributed by atoms with Crippen LogP contribution in [0.5, 0.6) is 5.75 Å². The van der Waals surface area contributed by atoms with Gasteiger partial charge in [0.05, 0.1) is 6.54 Å². The second-order valence-electron chi connectivity index (χ2n) is 8.05. The third kappa shape index (κ3) is 6.19. The highest BCUT2D eigenvalue weighted by molar-refractivity contribution is 5.94. The quantitative estimate of drug-likeness (QED) is 0.607. The number of piperazine rings is 1. The smallest absolute Gasteiger partial charge is 0.238 e. The Kier molecular flexibility index (Phi) is 8.07. The van der Waals surface area contributed by atoms with Crippen molar-refractivity contribution in [3.63, 3.8) is 0 Å². The maximum atomic E-state index is 12.7. The van der Waals surface area contributed by atoms with Crippen molar-refractivity contribution in [1.29, 1.82) is 0 Å². The van der Waals surface area contributed by atoms with Crippen molar-refractivity contribution in [2.45, 2.75) is 46.0 Å². The van der Waals surface area contributed by atoms with Crippen LogP contribution in [0.15, 0.2) is 12.1 Å². The second-order valence-corrected chi connectivity index (χ2v) is 8.05. The summed E-state index contributed by atoms with van der Waals surface area (Å²) in [6.45, 7) is 13.4. The highest BCUT2D eigenvalue weighted by Crippen LogP contribution is 2.36. The first-order valence-electron chi connectivity index (χ1n) is 10.0. The van der Waals surface area contributed by atoms with Crippen LogP contribution < -0.4 is 5.32 Å². The summed E-state index contributed by atoms with van der Waals surface area (Å²) >= 11 is 0. The van der Waals surface area contributed by atoms with Crippen molar-refractivity contribution in [2.24, 2.45) is 0 Å². The normalized spacial score (nSPS) is 16.3. The van der Waals surface area contributed by atoms with E-state index in [1.165, 1.54) is 0 Å². The molecule has 152 valence electrons. The van der Waals surface area contributed by atoms with Gasteiger partial charge in [0, 0.05) is 45.0 Å². The molecule has 0 spiro atoms. The molecule has 1 heterocycles. The van der Waals surface area contributed by atoms with Gasteiger partial charge < -0.3 is 20.4 Å². The molecule has 0 unspecified atom stereocenters. The van der Waals surface area contributed by atoms with Crippen molar-refractivity contribution in [1.82, 2.24) is 9.80 Å². The van der Waals surface area contributed by atoms with Crippen LogP contribution in [0.4, 0.5) is 5.69 Å². The van der Waals surface area contributed by atoms with Crippen LogP contribution in [0.2, 0.25) is 0 Å². The molecule has 1 saturated heterocycles. The minimum atomic E-state index is -0.00621. The van der Waals surface area contributed by atoms with Crippen molar-refractivity contribution < 1.29 is 15.0 Å². The molecular formula is C21H35N3O3. The zero-order valence-corrected chi connectivity index (χ0v) is 17.2. The van der Waals surface area contributed by atoms with Gasteiger partial charge >= 0.3 is 0 Å². The first-order valence-corrected chi connectivity index (χ1v) is 10.0. The molecule has 2 rings (SSSR count). The molecule has 27 heavy (non-hydrogen) atoms. The highest BCUT2D eigenvalue weighted by Gasteiger charge is 2.21. The molecule has 1 aromatic rings. The molecule has 0 radical (unpaired) electrons. The van der Waals surface area contributed by atoms with Crippen LogP contribution in [0.25, 0.3) is 0 Å². The molecule has 1 amide bonds. The Morgan fingerprint density at radius 2 is 1.56 bits per heavy atom. The summed E-state index contributed by atoms with van der Waals surface area (Å²) in [7, 11) is 0. The summed E-state index contributed by atoms with van der Waals surface area (Å²) in [5.74, 6) is 0.660. The number of benzene rings is 1. The van der Waals surface area contributed by atoms with Gasteiger partial charge in [-0.25, -0.2) is 0 Å². The SMILES string of the molecule is CC(C)c1cc(O)cc(C(C)C)c1NC(=O)CN1CCN(CCCO)CC1. The third-order valence-corrected chi connectivity index (χ3v) is 5.16. The van der Waals surface area contributed by atoms with E-state index in [2.05, 4.69) is 42.8 Å². The maximum absolute atomic E-state index is 12.7. The number of aliphatic hydroxyl groups excluding tert-OH is 1. The number of phenols is 1. The Hall–Kier alpha value is -1.63. The Bertz CT molecular complexity index is 594. The Morgan fingerprint density at radius 3 is 2.04 bits per heavy atom. The molecule has 1 aliphatic rings. The van der Waals surface area contributed by atoms with Gasteiger partial charge in [0.15, 0.2) is 0 Å². The zero-order valence-electron chi connectivity index (χ0n) is 17.2. The van der Waals surface area contributed by atoms with Crippen LogP contribution in [0.3, 0.4) is 0 Å². The Balaban J connectivity index is 2.02. The van der Waals surface area contributed by atoms with E-state index in [4.69, 9.17) is 5.11 Å². The molecule has 0 aromatic heterocycles. The van der Waals surface area contributed by atoms with Gasteiger partial charge in [-0.05, 0) is 41.5 Å². The fraction of sp³-hybridized carbons (Fsp3) is 0.667. The maximum Gasteiger partial charge on any atom is 0.238 e.